The Balaban J connectivity index is 1.61. The van der Waals surface area contributed by atoms with E-state index in [9.17, 15) is 18.0 Å². The van der Waals surface area contributed by atoms with Crippen LogP contribution >= 0.6 is 11.3 Å². The molecule has 0 atom stereocenters. The van der Waals surface area contributed by atoms with Gasteiger partial charge in [0.05, 0.1) is 18.2 Å². The van der Waals surface area contributed by atoms with Gasteiger partial charge in [-0.3, -0.25) is 20.2 Å². The van der Waals surface area contributed by atoms with Crippen LogP contribution in [0.4, 0.5) is 18.3 Å². The summed E-state index contributed by atoms with van der Waals surface area (Å²) in [6.07, 6.45) is -1.36. The molecule has 0 aliphatic carbocycles. The molecule has 172 valence electrons. The summed E-state index contributed by atoms with van der Waals surface area (Å²) >= 11 is 1.03. The SMILES string of the molecule is COc1ncc(C(F)(F)F)cc1-c1cnccc1C(=O)Nc1nnc(C#Cc2cc(C)[nH]n2)s1. The first-order valence-corrected chi connectivity index (χ1v) is 10.3. The number of carbonyl (C=O) groups is 1. The van der Waals surface area contributed by atoms with Gasteiger partial charge in [0.25, 0.3) is 5.91 Å². The van der Waals surface area contributed by atoms with Crippen molar-refractivity contribution >= 4 is 22.4 Å². The first kappa shape index (κ1) is 22.9. The molecule has 0 aromatic carbocycles. The molecule has 2 N–H and O–H groups in total. The number of amides is 1. The summed E-state index contributed by atoms with van der Waals surface area (Å²) < 4.78 is 44.8. The summed E-state index contributed by atoms with van der Waals surface area (Å²) in [5, 5.41) is 17.6. The highest BCUT2D eigenvalue weighted by molar-refractivity contribution is 7.15. The van der Waals surface area contributed by atoms with Crippen LogP contribution in [0, 0.1) is 18.8 Å². The van der Waals surface area contributed by atoms with Gasteiger partial charge in [0, 0.05) is 35.4 Å². The van der Waals surface area contributed by atoms with Crippen LogP contribution in [0.1, 0.15) is 32.3 Å². The van der Waals surface area contributed by atoms with E-state index in [1.54, 1.807) is 6.07 Å². The van der Waals surface area contributed by atoms with Crippen LogP contribution in [0.5, 0.6) is 5.88 Å². The Morgan fingerprint density at radius 2 is 2.00 bits per heavy atom. The maximum Gasteiger partial charge on any atom is 0.417 e. The molecule has 0 fully saturated rings. The summed E-state index contributed by atoms with van der Waals surface area (Å²) in [6.45, 7) is 1.84. The van der Waals surface area contributed by atoms with Crippen LogP contribution in [0.15, 0.2) is 36.8 Å². The van der Waals surface area contributed by atoms with E-state index in [2.05, 4.69) is 47.5 Å². The van der Waals surface area contributed by atoms with E-state index in [0.29, 0.717) is 16.9 Å². The second-order valence-corrected chi connectivity index (χ2v) is 7.73. The zero-order valence-electron chi connectivity index (χ0n) is 17.6. The molecule has 0 unspecified atom stereocenters. The Bertz CT molecular complexity index is 1420. The number of nitrogens with zero attached hydrogens (tertiary/aromatic N) is 5. The fourth-order valence-corrected chi connectivity index (χ4v) is 3.45. The van der Waals surface area contributed by atoms with E-state index in [1.165, 1.54) is 25.6 Å². The van der Waals surface area contributed by atoms with Crippen LogP contribution in [0.25, 0.3) is 11.1 Å². The van der Waals surface area contributed by atoms with Gasteiger partial charge >= 0.3 is 6.18 Å². The van der Waals surface area contributed by atoms with Crippen molar-refractivity contribution in [2.45, 2.75) is 13.1 Å². The van der Waals surface area contributed by atoms with Gasteiger partial charge in [0.2, 0.25) is 11.0 Å². The largest absolute Gasteiger partial charge is 0.481 e. The average molecular weight is 485 g/mol. The molecule has 4 rings (SSSR count). The number of methoxy groups -OCH3 is 1. The number of halogens is 3. The van der Waals surface area contributed by atoms with Crippen molar-refractivity contribution in [1.29, 1.82) is 0 Å². The number of aromatic amines is 1. The Morgan fingerprint density at radius 3 is 2.71 bits per heavy atom. The smallest absolute Gasteiger partial charge is 0.417 e. The third kappa shape index (κ3) is 5.02. The van der Waals surface area contributed by atoms with Gasteiger partial charge in [0.15, 0.2) is 5.01 Å². The molecule has 0 saturated carbocycles. The fourth-order valence-electron chi connectivity index (χ4n) is 2.86. The molecule has 9 nitrogen and oxygen atoms in total. The normalized spacial score (nSPS) is 11.0. The lowest BCUT2D eigenvalue weighted by Crippen LogP contribution is -2.14. The van der Waals surface area contributed by atoms with Crippen LogP contribution in [0.3, 0.4) is 0 Å². The van der Waals surface area contributed by atoms with Gasteiger partial charge in [0.1, 0.15) is 5.69 Å². The molecule has 13 heteroatoms. The van der Waals surface area contributed by atoms with Crippen molar-refractivity contribution in [3.8, 4) is 28.8 Å². The van der Waals surface area contributed by atoms with Gasteiger partial charge in [-0.15, -0.1) is 10.2 Å². The lowest BCUT2D eigenvalue weighted by molar-refractivity contribution is -0.137. The third-order valence-electron chi connectivity index (χ3n) is 4.38. The molecule has 0 aliphatic heterocycles. The number of anilines is 1. The standard InChI is InChI=1S/C21H14F3N7O2S/c1-11-7-13(29-28-11)3-4-17-30-31-20(34-17)27-18(32)14-5-6-25-10-16(14)15-8-12(21(22,23)24)9-26-19(15)33-2/h5-10H,1-2H3,(H,28,29)(H,27,31,32). The van der Waals surface area contributed by atoms with Gasteiger partial charge in [-0.05, 0) is 37.0 Å². The monoisotopic (exact) mass is 485 g/mol. The predicted molar refractivity (Wildman–Crippen MR) is 116 cm³/mol. The number of aryl methyl sites for hydroxylation is 1. The van der Waals surface area contributed by atoms with Gasteiger partial charge in [-0.1, -0.05) is 11.3 Å². The van der Waals surface area contributed by atoms with Crippen molar-refractivity contribution in [3.63, 3.8) is 0 Å². The average Bonchev–Trinajstić information content (AvgIpc) is 3.45. The first-order valence-electron chi connectivity index (χ1n) is 9.49. The second-order valence-electron chi connectivity index (χ2n) is 6.75. The quantitative estimate of drug-likeness (QED) is 0.423. The predicted octanol–water partition coefficient (Wildman–Crippen LogP) is 3.71. The van der Waals surface area contributed by atoms with Gasteiger partial charge in [-0.25, -0.2) is 4.98 Å². The number of hydrogen-bond acceptors (Lipinski definition) is 8. The molecule has 4 heterocycles. The molecule has 34 heavy (non-hydrogen) atoms. The summed E-state index contributed by atoms with van der Waals surface area (Å²) in [4.78, 5) is 20.6. The molecule has 1 amide bonds. The lowest BCUT2D eigenvalue weighted by Gasteiger charge is -2.14. The lowest BCUT2D eigenvalue weighted by atomic mass is 10.0. The van der Waals surface area contributed by atoms with Gasteiger partial charge in [-0.2, -0.15) is 18.3 Å². The molecule has 4 aromatic rings. The molecule has 0 saturated heterocycles. The minimum atomic E-state index is -4.63. The van der Waals surface area contributed by atoms with E-state index in [-0.39, 0.29) is 27.7 Å². The Hall–Kier alpha value is -4.31. The summed E-state index contributed by atoms with van der Waals surface area (Å²) in [5.41, 5.74) is 0.517. The molecule has 0 bridgehead atoms. The molecule has 0 spiro atoms. The van der Waals surface area contributed by atoms with Crippen LogP contribution in [-0.2, 0) is 6.18 Å². The summed E-state index contributed by atoms with van der Waals surface area (Å²) in [6, 6.07) is 3.99. The second kappa shape index (κ2) is 9.28. The highest BCUT2D eigenvalue weighted by Gasteiger charge is 2.32. The number of rotatable bonds is 4. The maximum absolute atomic E-state index is 13.2. The van der Waals surface area contributed by atoms with Crippen LogP contribution < -0.4 is 10.1 Å². The fraction of sp³-hybridized carbons (Fsp3) is 0.143. The number of pyridine rings is 2. The molecular weight excluding hydrogens is 471 g/mol. The number of aromatic nitrogens is 6. The number of alkyl halides is 3. The number of H-pyrrole nitrogens is 1. The minimum absolute atomic E-state index is 0.0336. The molecular formula is C21H14F3N7O2S. The first-order chi connectivity index (χ1) is 16.2. The Morgan fingerprint density at radius 1 is 1.18 bits per heavy atom. The van der Waals surface area contributed by atoms with E-state index in [0.717, 1.165) is 23.1 Å². The van der Waals surface area contributed by atoms with Crippen LogP contribution in [-0.4, -0.2) is 43.4 Å². The number of nitrogens with one attached hydrogen (secondary N) is 2. The van der Waals surface area contributed by atoms with E-state index in [4.69, 9.17) is 4.74 Å². The Kier molecular flexibility index (Phi) is 6.24. The van der Waals surface area contributed by atoms with E-state index >= 15 is 0 Å². The third-order valence-corrected chi connectivity index (χ3v) is 5.13. The van der Waals surface area contributed by atoms with Crippen molar-refractivity contribution < 1.29 is 22.7 Å². The Labute approximate surface area is 194 Å². The topological polar surface area (TPSA) is 119 Å². The summed E-state index contributed by atoms with van der Waals surface area (Å²) in [7, 11) is 1.27. The highest BCUT2D eigenvalue weighted by Crippen LogP contribution is 2.36. The number of hydrogen-bond donors (Lipinski definition) is 2. The van der Waals surface area contributed by atoms with Crippen LogP contribution in [0.2, 0.25) is 0 Å². The summed E-state index contributed by atoms with van der Waals surface area (Å²) in [5.74, 6) is 4.91. The molecule has 0 aliphatic rings. The van der Waals surface area contributed by atoms with E-state index in [1.807, 2.05) is 6.92 Å². The maximum atomic E-state index is 13.2. The highest BCUT2D eigenvalue weighted by atomic mass is 32.1. The van der Waals surface area contributed by atoms with Gasteiger partial charge < -0.3 is 4.74 Å². The van der Waals surface area contributed by atoms with Crippen molar-refractivity contribution in [3.05, 3.63) is 64.3 Å². The van der Waals surface area contributed by atoms with Crippen molar-refractivity contribution in [2.75, 3.05) is 12.4 Å². The van der Waals surface area contributed by atoms with Crippen molar-refractivity contribution in [2.24, 2.45) is 0 Å². The number of carbonyl (C=O) groups excluding carboxylic acids is 1. The zero-order chi connectivity index (χ0) is 24.3. The minimum Gasteiger partial charge on any atom is -0.481 e. The van der Waals surface area contributed by atoms with E-state index < -0.39 is 17.6 Å². The number of ether oxygens (including phenoxy) is 1. The zero-order valence-corrected chi connectivity index (χ0v) is 18.4. The van der Waals surface area contributed by atoms with Crippen molar-refractivity contribution in [1.82, 2.24) is 30.4 Å². The molecule has 0 radical (unpaired) electrons. The molecule has 4 aromatic heterocycles.